The van der Waals surface area contributed by atoms with Crippen LogP contribution in [0.1, 0.15) is 18.5 Å². The molecule has 0 spiro atoms. The number of carbonyl (C=O) groups is 1. The molecule has 10 heteroatoms. The molecule has 2 N–H and O–H groups in total. The predicted octanol–water partition coefficient (Wildman–Crippen LogP) is 1.40. The van der Waals surface area contributed by atoms with Gasteiger partial charge in [0.1, 0.15) is 11.5 Å². The summed E-state index contributed by atoms with van der Waals surface area (Å²) in [5, 5.41) is 10.9. The van der Waals surface area contributed by atoms with Gasteiger partial charge in [-0.3, -0.25) is 14.5 Å². The van der Waals surface area contributed by atoms with Gasteiger partial charge in [-0.25, -0.2) is 4.39 Å². The largest absolute Gasteiger partial charge is 0.379 e. The van der Waals surface area contributed by atoms with Gasteiger partial charge in [-0.15, -0.1) is 10.2 Å². The van der Waals surface area contributed by atoms with Crippen LogP contribution in [-0.4, -0.2) is 65.4 Å². The highest BCUT2D eigenvalue weighted by Crippen LogP contribution is 2.22. The maximum Gasteiger partial charge on any atom is 0.273 e. The summed E-state index contributed by atoms with van der Waals surface area (Å²) in [6, 6.07) is 3.95. The van der Waals surface area contributed by atoms with Crippen molar-refractivity contribution in [2.45, 2.75) is 19.3 Å². The summed E-state index contributed by atoms with van der Waals surface area (Å²) in [7, 11) is 0. The Morgan fingerprint density at radius 2 is 2.10 bits per heavy atom. The van der Waals surface area contributed by atoms with Crippen LogP contribution in [-0.2, 0) is 16.0 Å². The lowest BCUT2D eigenvalue weighted by Gasteiger charge is -2.26. The highest BCUT2D eigenvalue weighted by atomic mass is 35.5. The Labute approximate surface area is 172 Å². The zero-order valence-electron chi connectivity index (χ0n) is 15.9. The fourth-order valence-electron chi connectivity index (χ4n) is 3.00. The summed E-state index contributed by atoms with van der Waals surface area (Å²) in [6.45, 7) is 4.84. The van der Waals surface area contributed by atoms with Gasteiger partial charge in [0.05, 0.1) is 18.8 Å². The number of hydrogen-bond acceptors (Lipinski definition) is 6. The van der Waals surface area contributed by atoms with Crippen molar-refractivity contribution in [3.05, 3.63) is 45.1 Å². The normalized spacial score (nSPS) is 14.7. The first kappa shape index (κ1) is 21.4. The van der Waals surface area contributed by atoms with Crippen molar-refractivity contribution in [2.24, 2.45) is 0 Å². The second-order valence-corrected chi connectivity index (χ2v) is 7.17. The molecule has 1 saturated heterocycles. The first-order valence-corrected chi connectivity index (χ1v) is 9.89. The fourth-order valence-corrected chi connectivity index (χ4v) is 3.17. The molecular weight excluding hydrogens is 401 g/mol. The second-order valence-electron chi connectivity index (χ2n) is 6.73. The second kappa shape index (κ2) is 10.4. The summed E-state index contributed by atoms with van der Waals surface area (Å²) in [5.41, 5.74) is -0.319. The van der Waals surface area contributed by atoms with Gasteiger partial charge in [0.25, 0.3) is 5.56 Å². The quantitative estimate of drug-likeness (QED) is 0.622. The SMILES string of the molecule is O=C(CCc1nnc(-c2cc(Cl)ccc2F)[nH]c1=O)NCCCN1CCOCC1. The minimum absolute atomic E-state index is 0.00804. The zero-order valence-corrected chi connectivity index (χ0v) is 16.7. The average molecular weight is 424 g/mol. The van der Waals surface area contributed by atoms with E-state index in [4.69, 9.17) is 16.3 Å². The molecule has 1 fully saturated rings. The summed E-state index contributed by atoms with van der Waals surface area (Å²) in [6.07, 6.45) is 1.13. The van der Waals surface area contributed by atoms with Crippen molar-refractivity contribution in [1.82, 2.24) is 25.4 Å². The molecule has 1 amide bonds. The number of rotatable bonds is 8. The molecule has 1 aliphatic rings. The van der Waals surface area contributed by atoms with Crippen LogP contribution in [0, 0.1) is 5.82 Å². The Morgan fingerprint density at radius 1 is 1.31 bits per heavy atom. The van der Waals surface area contributed by atoms with E-state index >= 15 is 0 Å². The number of aromatic nitrogens is 3. The Bertz CT molecular complexity index is 902. The van der Waals surface area contributed by atoms with E-state index in [0.717, 1.165) is 39.3 Å². The molecule has 1 aromatic carbocycles. The Hall–Kier alpha value is -2.36. The van der Waals surface area contributed by atoms with E-state index in [2.05, 4.69) is 25.4 Å². The number of benzene rings is 1. The smallest absolute Gasteiger partial charge is 0.273 e. The van der Waals surface area contributed by atoms with Crippen molar-refractivity contribution >= 4 is 17.5 Å². The molecule has 1 aliphatic heterocycles. The lowest BCUT2D eigenvalue weighted by molar-refractivity contribution is -0.121. The Morgan fingerprint density at radius 3 is 2.86 bits per heavy atom. The number of nitrogens with one attached hydrogen (secondary N) is 2. The van der Waals surface area contributed by atoms with E-state index < -0.39 is 11.4 Å². The number of aryl methyl sites for hydroxylation is 1. The van der Waals surface area contributed by atoms with Crippen molar-refractivity contribution in [1.29, 1.82) is 0 Å². The van der Waals surface area contributed by atoms with Gasteiger partial charge in [-0.1, -0.05) is 11.6 Å². The molecule has 0 radical (unpaired) electrons. The Balaban J connectivity index is 1.46. The van der Waals surface area contributed by atoms with Gasteiger partial charge in [0.15, 0.2) is 5.82 Å². The molecule has 2 aromatic rings. The van der Waals surface area contributed by atoms with E-state index in [0.29, 0.717) is 11.6 Å². The van der Waals surface area contributed by atoms with Gasteiger partial charge in [-0.05, 0) is 31.2 Å². The number of nitrogens with zero attached hydrogens (tertiary/aromatic N) is 3. The first-order chi connectivity index (χ1) is 14.0. The van der Waals surface area contributed by atoms with E-state index in [-0.39, 0.29) is 35.8 Å². The van der Waals surface area contributed by atoms with Crippen LogP contribution in [0.4, 0.5) is 4.39 Å². The summed E-state index contributed by atoms with van der Waals surface area (Å²) in [4.78, 5) is 29.0. The van der Waals surface area contributed by atoms with Crippen LogP contribution in [0.2, 0.25) is 5.02 Å². The minimum atomic E-state index is -0.566. The van der Waals surface area contributed by atoms with Gasteiger partial charge >= 0.3 is 0 Å². The third-order valence-corrected chi connectivity index (χ3v) is 4.85. The molecule has 8 nitrogen and oxygen atoms in total. The van der Waals surface area contributed by atoms with Crippen LogP contribution >= 0.6 is 11.6 Å². The maximum absolute atomic E-state index is 13.9. The molecule has 156 valence electrons. The highest BCUT2D eigenvalue weighted by molar-refractivity contribution is 6.30. The van der Waals surface area contributed by atoms with E-state index in [1.807, 2.05) is 0 Å². The lowest BCUT2D eigenvalue weighted by atomic mass is 10.2. The van der Waals surface area contributed by atoms with Gasteiger partial charge in [0.2, 0.25) is 5.91 Å². The average Bonchev–Trinajstić information content (AvgIpc) is 2.73. The standard InChI is InChI=1S/C19H23ClFN5O3/c20-13-2-3-15(21)14(12-13)18-23-19(28)16(24-25-18)4-5-17(27)22-6-1-7-26-8-10-29-11-9-26/h2-3,12H,1,4-11H2,(H,22,27)(H,23,25,28). The fraction of sp³-hybridized carbons (Fsp3) is 0.474. The van der Waals surface area contributed by atoms with Crippen LogP contribution in [0.3, 0.4) is 0 Å². The minimum Gasteiger partial charge on any atom is -0.379 e. The number of aromatic amines is 1. The molecule has 29 heavy (non-hydrogen) atoms. The van der Waals surface area contributed by atoms with Crippen LogP contribution in [0.15, 0.2) is 23.0 Å². The number of morpholine rings is 1. The summed E-state index contributed by atoms with van der Waals surface area (Å²) in [5.74, 6) is -0.729. The van der Waals surface area contributed by atoms with E-state index in [9.17, 15) is 14.0 Å². The number of carbonyl (C=O) groups excluding carboxylic acids is 1. The third-order valence-electron chi connectivity index (χ3n) is 4.61. The third kappa shape index (κ3) is 6.31. The number of halogens is 2. The molecule has 0 unspecified atom stereocenters. The number of amides is 1. The van der Waals surface area contributed by atoms with Crippen molar-refractivity contribution < 1.29 is 13.9 Å². The molecule has 2 heterocycles. The highest BCUT2D eigenvalue weighted by Gasteiger charge is 2.13. The topological polar surface area (TPSA) is 100 Å². The van der Waals surface area contributed by atoms with Gasteiger partial charge in [-0.2, -0.15) is 0 Å². The van der Waals surface area contributed by atoms with Crippen molar-refractivity contribution in [2.75, 3.05) is 39.4 Å². The summed E-state index contributed by atoms with van der Waals surface area (Å²) >= 11 is 5.86. The lowest BCUT2D eigenvalue weighted by Crippen LogP contribution is -2.38. The van der Waals surface area contributed by atoms with Crippen LogP contribution in [0.5, 0.6) is 0 Å². The van der Waals surface area contributed by atoms with E-state index in [1.165, 1.54) is 18.2 Å². The van der Waals surface area contributed by atoms with Gasteiger partial charge in [0, 0.05) is 37.5 Å². The molecule has 0 bridgehead atoms. The Kier molecular flexibility index (Phi) is 7.68. The monoisotopic (exact) mass is 423 g/mol. The number of H-pyrrole nitrogens is 1. The zero-order chi connectivity index (χ0) is 20.6. The molecule has 3 rings (SSSR count). The molecule has 0 atom stereocenters. The molecule has 0 saturated carbocycles. The maximum atomic E-state index is 13.9. The van der Waals surface area contributed by atoms with Crippen LogP contribution in [0.25, 0.3) is 11.4 Å². The predicted molar refractivity (Wildman–Crippen MR) is 106 cm³/mol. The van der Waals surface area contributed by atoms with Crippen molar-refractivity contribution in [3.8, 4) is 11.4 Å². The molecular formula is C19H23ClFN5O3. The number of ether oxygens (including phenoxy) is 1. The van der Waals surface area contributed by atoms with E-state index in [1.54, 1.807) is 0 Å². The first-order valence-electron chi connectivity index (χ1n) is 9.51. The number of hydrogen-bond donors (Lipinski definition) is 2. The molecule has 0 aliphatic carbocycles. The summed E-state index contributed by atoms with van der Waals surface area (Å²) < 4.78 is 19.2. The van der Waals surface area contributed by atoms with Crippen LogP contribution < -0.4 is 10.9 Å². The van der Waals surface area contributed by atoms with Gasteiger partial charge < -0.3 is 15.0 Å². The molecule has 1 aromatic heterocycles. The van der Waals surface area contributed by atoms with Crippen molar-refractivity contribution in [3.63, 3.8) is 0 Å².